The summed E-state index contributed by atoms with van der Waals surface area (Å²) in [6, 6.07) is 9.57. The summed E-state index contributed by atoms with van der Waals surface area (Å²) >= 11 is 12.7. The number of hydrogen-bond acceptors (Lipinski definition) is 7. The van der Waals surface area contributed by atoms with Crippen molar-refractivity contribution in [1.29, 1.82) is 0 Å². The highest BCUT2D eigenvalue weighted by Gasteiger charge is 2.37. The molecular weight excluding hydrogens is 507 g/mol. The zero-order valence-electron chi connectivity index (χ0n) is 17.8. The van der Waals surface area contributed by atoms with Crippen LogP contribution in [0.3, 0.4) is 0 Å². The molecule has 2 aromatic carbocycles. The molecule has 1 unspecified atom stereocenters. The Balaban J connectivity index is 1.55. The van der Waals surface area contributed by atoms with E-state index in [1.54, 1.807) is 0 Å². The van der Waals surface area contributed by atoms with Gasteiger partial charge in [-0.15, -0.1) is 10.2 Å². The van der Waals surface area contributed by atoms with Crippen molar-refractivity contribution >= 4 is 55.6 Å². The third-order valence-corrected chi connectivity index (χ3v) is 8.18. The van der Waals surface area contributed by atoms with Crippen LogP contribution in [0.5, 0.6) is 5.75 Å². The highest BCUT2D eigenvalue weighted by molar-refractivity contribution is 7.91. The van der Waals surface area contributed by atoms with Crippen LogP contribution in [0.4, 0.5) is 5.13 Å². The van der Waals surface area contributed by atoms with Gasteiger partial charge in [0.2, 0.25) is 9.47 Å². The third kappa shape index (κ3) is 5.30. The molecule has 174 valence electrons. The standard InChI is InChI=1S/C21H20Cl2N4O4S2/c1-11-4-7-17-14(8-11)16(10-21(2,3)31-17)27-33(29,30)20-26-25-19(32-20)24-18(28)13-6-5-12(22)9-15(13)23/h4-9,16,27H,10H2,1-3H3,(H,24,25,28). The molecule has 1 aliphatic rings. The molecule has 2 N–H and O–H groups in total. The summed E-state index contributed by atoms with van der Waals surface area (Å²) in [4.78, 5) is 12.5. The number of nitrogens with zero attached hydrogens (tertiary/aromatic N) is 2. The van der Waals surface area contributed by atoms with Crippen molar-refractivity contribution in [3.8, 4) is 5.75 Å². The van der Waals surface area contributed by atoms with E-state index in [-0.39, 0.29) is 20.1 Å². The lowest BCUT2D eigenvalue weighted by molar-refractivity contribution is 0.0701. The first-order valence-corrected chi connectivity index (χ1v) is 12.9. The van der Waals surface area contributed by atoms with Crippen LogP contribution in [0.2, 0.25) is 10.0 Å². The minimum absolute atomic E-state index is 0.0231. The summed E-state index contributed by atoms with van der Waals surface area (Å²) < 4.78 is 34.6. The van der Waals surface area contributed by atoms with Crippen LogP contribution in [0.1, 0.15) is 47.8 Å². The van der Waals surface area contributed by atoms with Gasteiger partial charge in [-0.2, -0.15) is 0 Å². The fourth-order valence-corrected chi connectivity index (χ4v) is 6.14. The number of sulfonamides is 1. The maximum Gasteiger partial charge on any atom is 0.270 e. The van der Waals surface area contributed by atoms with Crippen LogP contribution in [-0.4, -0.2) is 30.1 Å². The number of carbonyl (C=O) groups excluding carboxylic acids is 1. The fraction of sp³-hybridized carbons (Fsp3) is 0.286. The number of aryl methyl sites for hydroxylation is 1. The van der Waals surface area contributed by atoms with E-state index in [4.69, 9.17) is 27.9 Å². The van der Waals surface area contributed by atoms with E-state index in [1.165, 1.54) is 18.2 Å². The highest BCUT2D eigenvalue weighted by Crippen LogP contribution is 2.40. The molecule has 33 heavy (non-hydrogen) atoms. The van der Waals surface area contributed by atoms with Crippen molar-refractivity contribution in [2.24, 2.45) is 0 Å². The second-order valence-electron chi connectivity index (χ2n) is 8.23. The zero-order chi connectivity index (χ0) is 24.0. The smallest absolute Gasteiger partial charge is 0.270 e. The highest BCUT2D eigenvalue weighted by atomic mass is 35.5. The van der Waals surface area contributed by atoms with Crippen molar-refractivity contribution in [1.82, 2.24) is 14.9 Å². The lowest BCUT2D eigenvalue weighted by Crippen LogP contribution is -2.41. The van der Waals surface area contributed by atoms with Gasteiger partial charge in [-0.05, 0) is 45.0 Å². The molecule has 3 aromatic rings. The molecule has 8 nitrogen and oxygen atoms in total. The van der Waals surface area contributed by atoms with Crippen molar-refractivity contribution < 1.29 is 17.9 Å². The summed E-state index contributed by atoms with van der Waals surface area (Å²) in [5.74, 6) is 0.0786. The third-order valence-electron chi connectivity index (χ3n) is 4.95. The molecule has 2 heterocycles. The number of halogens is 2. The Hall–Kier alpha value is -2.24. The van der Waals surface area contributed by atoms with Crippen molar-refractivity contribution in [3.63, 3.8) is 0 Å². The minimum atomic E-state index is -4.01. The Morgan fingerprint density at radius 3 is 2.67 bits per heavy atom. The molecule has 1 aliphatic heterocycles. The summed E-state index contributed by atoms with van der Waals surface area (Å²) in [5.41, 5.74) is 1.36. The maximum absolute atomic E-state index is 13.1. The number of ether oxygens (including phenoxy) is 1. The first-order valence-electron chi connectivity index (χ1n) is 9.85. The number of benzene rings is 2. The summed E-state index contributed by atoms with van der Waals surface area (Å²) in [6.07, 6.45) is 0.431. The molecule has 0 fully saturated rings. The van der Waals surface area contributed by atoms with Gasteiger partial charge in [0, 0.05) is 17.0 Å². The van der Waals surface area contributed by atoms with Gasteiger partial charge in [-0.3, -0.25) is 10.1 Å². The SMILES string of the molecule is Cc1ccc2c(c1)C(NS(=O)(=O)c1nnc(NC(=O)c3ccc(Cl)cc3Cl)s1)CC(C)(C)O2. The van der Waals surface area contributed by atoms with Gasteiger partial charge in [-0.25, -0.2) is 13.1 Å². The lowest BCUT2D eigenvalue weighted by Gasteiger charge is -2.37. The molecule has 0 radical (unpaired) electrons. The van der Waals surface area contributed by atoms with E-state index in [9.17, 15) is 13.2 Å². The van der Waals surface area contributed by atoms with Crippen LogP contribution in [0.25, 0.3) is 0 Å². The largest absolute Gasteiger partial charge is 0.487 e. The zero-order valence-corrected chi connectivity index (χ0v) is 21.0. The van der Waals surface area contributed by atoms with Crippen LogP contribution < -0.4 is 14.8 Å². The number of fused-ring (bicyclic) bond motifs is 1. The van der Waals surface area contributed by atoms with Crippen molar-refractivity contribution in [2.75, 3.05) is 5.32 Å². The quantitative estimate of drug-likeness (QED) is 0.453. The number of carbonyl (C=O) groups is 1. The summed E-state index contributed by atoms with van der Waals surface area (Å²) in [7, 11) is -4.01. The summed E-state index contributed by atoms with van der Waals surface area (Å²) in [5, 5.41) is 10.7. The lowest BCUT2D eigenvalue weighted by atomic mass is 9.89. The molecule has 0 saturated heterocycles. The molecule has 0 saturated carbocycles. The second kappa shape index (κ2) is 8.84. The number of aromatic nitrogens is 2. The van der Waals surface area contributed by atoms with E-state index in [0.29, 0.717) is 17.2 Å². The Bertz CT molecular complexity index is 1340. The molecule has 1 aromatic heterocycles. The number of rotatable bonds is 5. The van der Waals surface area contributed by atoms with E-state index in [1.807, 2.05) is 39.0 Å². The Morgan fingerprint density at radius 1 is 1.18 bits per heavy atom. The number of amides is 1. The van der Waals surface area contributed by atoms with Crippen LogP contribution in [0, 0.1) is 6.92 Å². The Labute approximate surface area is 205 Å². The van der Waals surface area contributed by atoms with Crippen LogP contribution >= 0.6 is 34.5 Å². The average Bonchev–Trinajstić information content (AvgIpc) is 3.17. The molecule has 0 spiro atoms. The van der Waals surface area contributed by atoms with Crippen LogP contribution in [0.15, 0.2) is 40.7 Å². The van der Waals surface area contributed by atoms with Gasteiger partial charge in [0.15, 0.2) is 0 Å². The van der Waals surface area contributed by atoms with Gasteiger partial charge in [-0.1, -0.05) is 52.2 Å². The molecule has 1 atom stereocenters. The Kier molecular flexibility index (Phi) is 6.41. The maximum atomic E-state index is 13.1. The Morgan fingerprint density at radius 2 is 1.94 bits per heavy atom. The van der Waals surface area contributed by atoms with Gasteiger partial charge >= 0.3 is 0 Å². The fourth-order valence-electron chi connectivity index (χ4n) is 3.52. The van der Waals surface area contributed by atoms with E-state index in [0.717, 1.165) is 22.5 Å². The predicted molar refractivity (Wildman–Crippen MR) is 128 cm³/mol. The minimum Gasteiger partial charge on any atom is -0.487 e. The number of anilines is 1. The van der Waals surface area contributed by atoms with Crippen molar-refractivity contribution in [3.05, 3.63) is 63.1 Å². The molecular formula is C21H20Cl2N4O4S2. The van der Waals surface area contributed by atoms with Crippen molar-refractivity contribution in [2.45, 2.75) is 43.2 Å². The van der Waals surface area contributed by atoms with Crippen LogP contribution in [-0.2, 0) is 10.0 Å². The number of nitrogens with one attached hydrogen (secondary N) is 2. The van der Waals surface area contributed by atoms with E-state index >= 15 is 0 Å². The van der Waals surface area contributed by atoms with Gasteiger partial charge in [0.1, 0.15) is 11.4 Å². The second-order valence-corrected chi connectivity index (χ2v) is 11.9. The topological polar surface area (TPSA) is 110 Å². The number of hydrogen-bond donors (Lipinski definition) is 2. The first kappa shape index (κ1) is 23.9. The van der Waals surface area contributed by atoms with E-state index in [2.05, 4.69) is 20.2 Å². The molecule has 0 bridgehead atoms. The molecule has 1 amide bonds. The average molecular weight is 527 g/mol. The monoisotopic (exact) mass is 526 g/mol. The molecule has 12 heteroatoms. The first-order chi connectivity index (χ1) is 15.4. The van der Waals surface area contributed by atoms with Gasteiger partial charge < -0.3 is 4.74 Å². The summed E-state index contributed by atoms with van der Waals surface area (Å²) in [6.45, 7) is 5.73. The molecule has 0 aliphatic carbocycles. The van der Waals surface area contributed by atoms with Gasteiger partial charge in [0.25, 0.3) is 15.9 Å². The van der Waals surface area contributed by atoms with E-state index < -0.39 is 27.6 Å². The predicted octanol–water partition coefficient (Wildman–Crippen LogP) is 4.99. The van der Waals surface area contributed by atoms with Gasteiger partial charge in [0.05, 0.1) is 16.6 Å². The normalized spacial score (nSPS) is 17.2. The molecule has 4 rings (SSSR count).